The van der Waals surface area contributed by atoms with E-state index in [0.29, 0.717) is 6.54 Å². The highest BCUT2D eigenvalue weighted by atomic mass is 16.5. The van der Waals surface area contributed by atoms with Crippen LogP contribution in [0.25, 0.3) is 0 Å². The molecule has 0 aliphatic rings. The van der Waals surface area contributed by atoms with Gasteiger partial charge in [-0.15, -0.1) is 0 Å². The lowest BCUT2D eigenvalue weighted by Gasteiger charge is -2.12. The molecule has 0 saturated heterocycles. The molecule has 2 N–H and O–H groups in total. The van der Waals surface area contributed by atoms with E-state index in [1.807, 2.05) is 24.3 Å². The zero-order chi connectivity index (χ0) is 16.8. The quantitative estimate of drug-likeness (QED) is 0.819. The third-order valence-corrected chi connectivity index (χ3v) is 3.62. The number of rotatable bonds is 7. The highest BCUT2D eigenvalue weighted by Gasteiger charge is 2.14. The van der Waals surface area contributed by atoms with Crippen LogP contribution in [0.4, 0.5) is 0 Å². The van der Waals surface area contributed by atoms with Gasteiger partial charge >= 0.3 is 5.97 Å². The minimum atomic E-state index is -1.12. The van der Waals surface area contributed by atoms with Crippen molar-refractivity contribution in [1.82, 2.24) is 5.32 Å². The fraction of sp³-hybridized carbons (Fsp3) is 0.294. The molecule has 1 unspecified atom stereocenters. The van der Waals surface area contributed by atoms with Gasteiger partial charge in [0.05, 0.1) is 12.7 Å². The molecular formula is C17H19NO5. The van der Waals surface area contributed by atoms with Gasteiger partial charge in [-0.1, -0.05) is 19.1 Å². The summed E-state index contributed by atoms with van der Waals surface area (Å²) in [5, 5.41) is 11.5. The molecular weight excluding hydrogens is 298 g/mol. The lowest BCUT2D eigenvalue weighted by atomic mass is 9.98. The molecule has 6 nitrogen and oxygen atoms in total. The smallest absolute Gasteiger partial charge is 0.338 e. The average Bonchev–Trinajstić information content (AvgIpc) is 3.05. The third kappa shape index (κ3) is 4.35. The van der Waals surface area contributed by atoms with Crippen LogP contribution in [0.3, 0.4) is 0 Å². The minimum Gasteiger partial charge on any atom is -0.497 e. The number of ether oxygens (including phenoxy) is 1. The molecule has 1 heterocycles. The summed E-state index contributed by atoms with van der Waals surface area (Å²) >= 11 is 0. The molecule has 1 atom stereocenters. The summed E-state index contributed by atoms with van der Waals surface area (Å²) in [5.74, 6) is -0.464. The number of amides is 1. The number of carboxylic acid groups (broad SMARTS) is 1. The number of hydrogen-bond acceptors (Lipinski definition) is 4. The number of furan rings is 1. The Hall–Kier alpha value is -2.76. The van der Waals surface area contributed by atoms with E-state index in [4.69, 9.17) is 14.3 Å². The largest absolute Gasteiger partial charge is 0.497 e. The Morgan fingerprint density at radius 3 is 2.57 bits per heavy atom. The fourth-order valence-corrected chi connectivity index (χ4v) is 2.16. The van der Waals surface area contributed by atoms with Crippen molar-refractivity contribution in [2.75, 3.05) is 13.7 Å². The monoisotopic (exact) mass is 317 g/mol. The predicted octanol–water partition coefficient (Wildman–Crippen LogP) is 2.91. The lowest BCUT2D eigenvalue weighted by Crippen LogP contribution is -2.24. The molecule has 1 amide bonds. The summed E-state index contributed by atoms with van der Waals surface area (Å²) in [7, 11) is 1.62. The molecule has 2 aromatic rings. The van der Waals surface area contributed by atoms with E-state index in [9.17, 15) is 9.59 Å². The van der Waals surface area contributed by atoms with Crippen molar-refractivity contribution in [3.05, 3.63) is 53.5 Å². The highest BCUT2D eigenvalue weighted by Crippen LogP contribution is 2.21. The number of carbonyl (C=O) groups excluding carboxylic acids is 1. The zero-order valence-electron chi connectivity index (χ0n) is 13.0. The summed E-state index contributed by atoms with van der Waals surface area (Å²) in [4.78, 5) is 22.6. The van der Waals surface area contributed by atoms with Crippen molar-refractivity contribution >= 4 is 11.9 Å². The SMILES string of the molecule is COc1ccc(C(C)CCNC(=O)c2cc(C(=O)O)co2)cc1. The number of aromatic carboxylic acids is 1. The van der Waals surface area contributed by atoms with E-state index in [-0.39, 0.29) is 17.2 Å². The van der Waals surface area contributed by atoms with Crippen LogP contribution in [-0.4, -0.2) is 30.6 Å². The first-order chi connectivity index (χ1) is 11.0. The minimum absolute atomic E-state index is 0.000462. The van der Waals surface area contributed by atoms with Crippen molar-refractivity contribution in [2.45, 2.75) is 19.3 Å². The Labute approximate surface area is 134 Å². The van der Waals surface area contributed by atoms with Crippen molar-refractivity contribution in [3.8, 4) is 5.75 Å². The van der Waals surface area contributed by atoms with Gasteiger partial charge in [0.1, 0.15) is 12.0 Å². The summed E-state index contributed by atoms with van der Waals surface area (Å²) < 4.78 is 10.1. The number of benzene rings is 1. The molecule has 0 spiro atoms. The number of hydrogen-bond donors (Lipinski definition) is 2. The first-order valence-corrected chi connectivity index (χ1v) is 7.25. The van der Waals surface area contributed by atoms with Crippen LogP contribution in [0, 0.1) is 0 Å². The molecule has 2 rings (SSSR count). The molecule has 1 aromatic carbocycles. The Kier molecular flexibility index (Phi) is 5.41. The van der Waals surface area contributed by atoms with Gasteiger partial charge in [0.15, 0.2) is 5.76 Å². The second-order valence-corrected chi connectivity index (χ2v) is 5.22. The van der Waals surface area contributed by atoms with E-state index >= 15 is 0 Å². The maximum Gasteiger partial charge on any atom is 0.338 e. The normalized spacial score (nSPS) is 11.7. The second-order valence-electron chi connectivity index (χ2n) is 5.22. The first kappa shape index (κ1) is 16.6. The standard InChI is InChI=1S/C17H19NO5/c1-11(12-3-5-14(22-2)6-4-12)7-8-18-16(19)15-9-13(10-23-15)17(20)21/h3-6,9-11H,7-8H2,1-2H3,(H,18,19)(H,20,21). The molecule has 0 aliphatic heterocycles. The topological polar surface area (TPSA) is 88.8 Å². The molecule has 0 saturated carbocycles. The maximum atomic E-state index is 11.9. The van der Waals surface area contributed by atoms with Gasteiger partial charge in [0, 0.05) is 12.6 Å². The van der Waals surface area contributed by atoms with Crippen LogP contribution in [0.1, 0.15) is 45.7 Å². The molecule has 6 heteroatoms. The van der Waals surface area contributed by atoms with Crippen LogP contribution in [0.2, 0.25) is 0 Å². The van der Waals surface area contributed by atoms with E-state index in [1.165, 1.54) is 6.07 Å². The summed E-state index contributed by atoms with van der Waals surface area (Å²) in [6.45, 7) is 2.54. The highest BCUT2D eigenvalue weighted by molar-refractivity contribution is 5.95. The van der Waals surface area contributed by atoms with Gasteiger partial charge in [-0.05, 0) is 30.0 Å². The fourth-order valence-electron chi connectivity index (χ4n) is 2.16. The number of nitrogens with one attached hydrogen (secondary N) is 1. The van der Waals surface area contributed by atoms with E-state index in [1.54, 1.807) is 7.11 Å². The Bertz CT molecular complexity index is 675. The van der Waals surface area contributed by atoms with Crippen molar-refractivity contribution in [3.63, 3.8) is 0 Å². The molecule has 0 bridgehead atoms. The predicted molar refractivity (Wildman–Crippen MR) is 84.0 cm³/mol. The van der Waals surface area contributed by atoms with Gasteiger partial charge in [-0.3, -0.25) is 4.79 Å². The maximum absolute atomic E-state index is 11.9. The summed E-state index contributed by atoms with van der Waals surface area (Å²) in [6.07, 6.45) is 1.81. The van der Waals surface area contributed by atoms with Crippen LogP contribution in [0.5, 0.6) is 5.75 Å². The van der Waals surface area contributed by atoms with Crippen LogP contribution < -0.4 is 10.1 Å². The van der Waals surface area contributed by atoms with E-state index in [0.717, 1.165) is 24.0 Å². The molecule has 23 heavy (non-hydrogen) atoms. The second kappa shape index (κ2) is 7.49. The number of methoxy groups -OCH3 is 1. The molecule has 1 aromatic heterocycles. The van der Waals surface area contributed by atoms with Crippen LogP contribution >= 0.6 is 0 Å². The van der Waals surface area contributed by atoms with Gasteiger partial charge in [0.2, 0.25) is 0 Å². The third-order valence-electron chi connectivity index (χ3n) is 3.62. The number of carboxylic acids is 1. The zero-order valence-corrected chi connectivity index (χ0v) is 13.0. The van der Waals surface area contributed by atoms with Crippen LogP contribution in [0.15, 0.2) is 41.0 Å². The molecule has 0 radical (unpaired) electrons. The average molecular weight is 317 g/mol. The van der Waals surface area contributed by atoms with Gasteiger partial charge in [0.25, 0.3) is 5.91 Å². The Morgan fingerprint density at radius 1 is 1.30 bits per heavy atom. The van der Waals surface area contributed by atoms with Gasteiger partial charge in [-0.2, -0.15) is 0 Å². The summed E-state index contributed by atoms with van der Waals surface area (Å²) in [5.41, 5.74) is 1.12. The van der Waals surface area contributed by atoms with Crippen molar-refractivity contribution in [1.29, 1.82) is 0 Å². The molecule has 122 valence electrons. The van der Waals surface area contributed by atoms with Crippen molar-refractivity contribution in [2.24, 2.45) is 0 Å². The first-order valence-electron chi connectivity index (χ1n) is 7.25. The Morgan fingerprint density at radius 2 is 2.00 bits per heavy atom. The van der Waals surface area contributed by atoms with Gasteiger partial charge < -0.3 is 19.6 Å². The van der Waals surface area contributed by atoms with Crippen LogP contribution in [-0.2, 0) is 0 Å². The van der Waals surface area contributed by atoms with Crippen molar-refractivity contribution < 1.29 is 23.8 Å². The van der Waals surface area contributed by atoms with E-state index in [2.05, 4.69) is 12.2 Å². The summed E-state index contributed by atoms with van der Waals surface area (Å²) in [6, 6.07) is 9.01. The molecule has 0 fully saturated rings. The number of carbonyl (C=O) groups is 2. The Balaban J connectivity index is 1.83. The molecule has 0 aliphatic carbocycles. The van der Waals surface area contributed by atoms with E-state index < -0.39 is 11.9 Å². The lowest BCUT2D eigenvalue weighted by molar-refractivity contribution is 0.0695. The van der Waals surface area contributed by atoms with Gasteiger partial charge in [-0.25, -0.2) is 4.79 Å².